The quantitative estimate of drug-likeness (QED) is 0.745. The maximum absolute atomic E-state index is 13.9. The van der Waals surface area contributed by atoms with Crippen molar-refractivity contribution in [3.8, 4) is 0 Å². The molecule has 0 aliphatic carbocycles. The highest BCUT2D eigenvalue weighted by Gasteiger charge is 2.23. The Bertz CT molecular complexity index is 554. The number of anilines is 1. The molecule has 2 N–H and O–H groups in total. The molecule has 7 heteroatoms. The van der Waals surface area contributed by atoms with Gasteiger partial charge in [-0.2, -0.15) is 0 Å². The van der Waals surface area contributed by atoms with Crippen LogP contribution in [0.1, 0.15) is 36.5 Å². The van der Waals surface area contributed by atoms with Gasteiger partial charge in [-0.25, -0.2) is 4.39 Å². The third-order valence-electron chi connectivity index (χ3n) is 3.59. The molecule has 0 saturated carbocycles. The zero-order valence-corrected chi connectivity index (χ0v) is 14.0. The first-order chi connectivity index (χ1) is 10.6. The Kier molecular flexibility index (Phi) is 7.98. The molecule has 0 bridgehead atoms. The molecule has 0 atom stereocenters. The van der Waals surface area contributed by atoms with Gasteiger partial charge < -0.3 is 15.5 Å². The lowest BCUT2D eigenvalue weighted by molar-refractivity contribution is -0.117. The van der Waals surface area contributed by atoms with E-state index in [1.54, 1.807) is 4.90 Å². The number of amides is 2. The number of halogens is 2. The van der Waals surface area contributed by atoms with E-state index in [4.69, 9.17) is 0 Å². The van der Waals surface area contributed by atoms with Crippen molar-refractivity contribution in [2.75, 3.05) is 31.1 Å². The van der Waals surface area contributed by atoms with E-state index in [1.807, 2.05) is 0 Å². The van der Waals surface area contributed by atoms with Gasteiger partial charge in [-0.1, -0.05) is 6.92 Å². The van der Waals surface area contributed by atoms with Crippen LogP contribution in [0.25, 0.3) is 0 Å². The third-order valence-corrected chi connectivity index (χ3v) is 3.59. The highest BCUT2D eigenvalue weighted by atomic mass is 35.5. The van der Waals surface area contributed by atoms with Crippen molar-refractivity contribution < 1.29 is 14.0 Å². The van der Waals surface area contributed by atoms with Gasteiger partial charge in [0.1, 0.15) is 5.82 Å². The van der Waals surface area contributed by atoms with Gasteiger partial charge in [0, 0.05) is 31.7 Å². The first-order valence-corrected chi connectivity index (χ1v) is 7.72. The Morgan fingerprint density at radius 2 is 2.09 bits per heavy atom. The largest absolute Gasteiger partial charge is 0.351 e. The first-order valence-electron chi connectivity index (χ1n) is 7.72. The Morgan fingerprint density at radius 1 is 1.30 bits per heavy atom. The summed E-state index contributed by atoms with van der Waals surface area (Å²) < 4.78 is 13.9. The zero-order valence-electron chi connectivity index (χ0n) is 13.2. The molecule has 1 aliphatic rings. The van der Waals surface area contributed by atoms with Crippen LogP contribution in [-0.4, -0.2) is 38.0 Å². The fourth-order valence-corrected chi connectivity index (χ4v) is 2.44. The van der Waals surface area contributed by atoms with Gasteiger partial charge in [-0.3, -0.25) is 9.59 Å². The standard InChI is InChI=1S/C16H22FN3O2.ClH/c1-2-7-18-8-9-19-16(22)13-11-12(5-6-14(13)17)20-10-3-4-15(20)21;/h5-6,11,18H,2-4,7-10H2,1H3,(H,19,22);1H. The summed E-state index contributed by atoms with van der Waals surface area (Å²) >= 11 is 0. The molecule has 1 heterocycles. The number of nitrogens with one attached hydrogen (secondary N) is 2. The van der Waals surface area contributed by atoms with E-state index in [0.717, 1.165) is 19.4 Å². The lowest BCUT2D eigenvalue weighted by atomic mass is 10.1. The van der Waals surface area contributed by atoms with Gasteiger partial charge >= 0.3 is 0 Å². The van der Waals surface area contributed by atoms with E-state index in [-0.39, 0.29) is 23.9 Å². The number of benzene rings is 1. The van der Waals surface area contributed by atoms with Crippen molar-refractivity contribution in [1.82, 2.24) is 10.6 Å². The summed E-state index contributed by atoms with van der Waals surface area (Å²) in [7, 11) is 0. The summed E-state index contributed by atoms with van der Waals surface area (Å²) in [6, 6.07) is 4.23. The SMILES string of the molecule is CCCNCCNC(=O)c1cc(N2CCCC2=O)ccc1F.Cl. The first kappa shape index (κ1) is 19.4. The van der Waals surface area contributed by atoms with Crippen LogP contribution < -0.4 is 15.5 Å². The summed E-state index contributed by atoms with van der Waals surface area (Å²) in [6.07, 6.45) is 2.32. The Morgan fingerprint density at radius 3 is 2.74 bits per heavy atom. The van der Waals surface area contributed by atoms with Crippen molar-refractivity contribution in [3.63, 3.8) is 0 Å². The smallest absolute Gasteiger partial charge is 0.254 e. The molecule has 2 amide bonds. The van der Waals surface area contributed by atoms with Crippen LogP contribution in [0.4, 0.5) is 10.1 Å². The summed E-state index contributed by atoms with van der Waals surface area (Å²) in [5.41, 5.74) is 0.561. The van der Waals surface area contributed by atoms with Gasteiger partial charge in [0.2, 0.25) is 5.91 Å². The second kappa shape index (κ2) is 9.47. The molecule has 128 valence electrons. The zero-order chi connectivity index (χ0) is 15.9. The van der Waals surface area contributed by atoms with Crippen molar-refractivity contribution in [2.45, 2.75) is 26.2 Å². The fourth-order valence-electron chi connectivity index (χ4n) is 2.44. The second-order valence-electron chi connectivity index (χ2n) is 5.32. The monoisotopic (exact) mass is 343 g/mol. The lowest BCUT2D eigenvalue weighted by Crippen LogP contribution is -2.32. The molecule has 0 radical (unpaired) electrons. The van der Waals surface area contributed by atoms with E-state index in [2.05, 4.69) is 17.6 Å². The molecular formula is C16H23ClFN3O2. The number of rotatable bonds is 7. The third kappa shape index (κ3) is 5.18. The van der Waals surface area contributed by atoms with Crippen molar-refractivity contribution >= 4 is 29.9 Å². The molecule has 1 aliphatic heterocycles. The van der Waals surface area contributed by atoms with Gasteiger partial charge in [0.15, 0.2) is 0 Å². The normalized spacial score (nSPS) is 13.8. The van der Waals surface area contributed by atoms with Gasteiger partial charge in [-0.15, -0.1) is 12.4 Å². The minimum absolute atomic E-state index is 0. The Balaban J connectivity index is 0.00000264. The van der Waals surface area contributed by atoms with Gasteiger partial charge in [-0.05, 0) is 37.6 Å². The highest BCUT2D eigenvalue weighted by Crippen LogP contribution is 2.23. The van der Waals surface area contributed by atoms with Crippen LogP contribution in [0.3, 0.4) is 0 Å². The van der Waals surface area contributed by atoms with E-state index in [9.17, 15) is 14.0 Å². The molecule has 5 nitrogen and oxygen atoms in total. The maximum atomic E-state index is 13.9. The molecule has 23 heavy (non-hydrogen) atoms. The number of carbonyl (C=O) groups excluding carboxylic acids is 2. The molecule has 2 rings (SSSR count). The van der Waals surface area contributed by atoms with E-state index in [1.165, 1.54) is 18.2 Å². The molecule has 0 aromatic heterocycles. The summed E-state index contributed by atoms with van der Waals surface area (Å²) in [6.45, 7) is 4.64. The topological polar surface area (TPSA) is 61.4 Å². The minimum atomic E-state index is -0.575. The maximum Gasteiger partial charge on any atom is 0.254 e. The molecule has 0 unspecified atom stereocenters. The Labute approximate surface area is 142 Å². The summed E-state index contributed by atoms with van der Waals surface area (Å²) in [5, 5.41) is 5.84. The Hall–Kier alpha value is -1.66. The van der Waals surface area contributed by atoms with Crippen LogP contribution in [0.15, 0.2) is 18.2 Å². The van der Waals surface area contributed by atoms with Crippen molar-refractivity contribution in [1.29, 1.82) is 0 Å². The minimum Gasteiger partial charge on any atom is -0.351 e. The lowest BCUT2D eigenvalue weighted by Gasteiger charge is -2.17. The number of nitrogens with zero attached hydrogens (tertiary/aromatic N) is 1. The number of hydrogen-bond acceptors (Lipinski definition) is 3. The second-order valence-corrected chi connectivity index (χ2v) is 5.32. The molecule has 0 spiro atoms. The number of hydrogen-bond donors (Lipinski definition) is 2. The van der Waals surface area contributed by atoms with E-state index in [0.29, 0.717) is 31.7 Å². The molecular weight excluding hydrogens is 321 g/mol. The summed E-state index contributed by atoms with van der Waals surface area (Å²) in [5.74, 6) is -1.01. The molecule has 1 saturated heterocycles. The average Bonchev–Trinajstić information content (AvgIpc) is 2.93. The van der Waals surface area contributed by atoms with Crippen LogP contribution in [0, 0.1) is 5.82 Å². The molecule has 1 aromatic carbocycles. The molecule has 1 aromatic rings. The predicted octanol–water partition coefficient (Wildman–Crippen LogP) is 2.10. The summed E-state index contributed by atoms with van der Waals surface area (Å²) in [4.78, 5) is 25.4. The highest BCUT2D eigenvalue weighted by molar-refractivity contribution is 5.99. The van der Waals surface area contributed by atoms with Crippen molar-refractivity contribution in [2.24, 2.45) is 0 Å². The van der Waals surface area contributed by atoms with Crippen LogP contribution >= 0.6 is 12.4 Å². The van der Waals surface area contributed by atoms with E-state index < -0.39 is 11.7 Å². The van der Waals surface area contributed by atoms with Gasteiger partial charge in [0.25, 0.3) is 5.91 Å². The number of carbonyl (C=O) groups is 2. The van der Waals surface area contributed by atoms with Crippen LogP contribution in [0.5, 0.6) is 0 Å². The average molecular weight is 344 g/mol. The predicted molar refractivity (Wildman–Crippen MR) is 90.7 cm³/mol. The van der Waals surface area contributed by atoms with Gasteiger partial charge in [0.05, 0.1) is 5.56 Å². The van der Waals surface area contributed by atoms with Crippen LogP contribution in [0.2, 0.25) is 0 Å². The van der Waals surface area contributed by atoms with Crippen molar-refractivity contribution in [3.05, 3.63) is 29.6 Å². The fraction of sp³-hybridized carbons (Fsp3) is 0.500. The van der Waals surface area contributed by atoms with E-state index >= 15 is 0 Å². The van der Waals surface area contributed by atoms with Crippen LogP contribution in [-0.2, 0) is 4.79 Å². The molecule has 1 fully saturated rings.